The van der Waals surface area contributed by atoms with Gasteiger partial charge in [0.25, 0.3) is 5.91 Å². The van der Waals surface area contributed by atoms with Crippen LogP contribution in [0.2, 0.25) is 0 Å². The number of aromatic nitrogens is 2. The topological polar surface area (TPSA) is 120 Å². The van der Waals surface area contributed by atoms with Crippen molar-refractivity contribution in [2.24, 2.45) is 5.73 Å². The molecule has 132 valence electrons. The van der Waals surface area contributed by atoms with E-state index in [1.165, 1.54) is 6.42 Å². The van der Waals surface area contributed by atoms with Gasteiger partial charge in [-0.05, 0) is 25.0 Å². The van der Waals surface area contributed by atoms with Crippen molar-refractivity contribution in [3.8, 4) is 5.75 Å². The summed E-state index contributed by atoms with van der Waals surface area (Å²) in [7, 11) is 0. The third-order valence-corrected chi connectivity index (χ3v) is 4.11. The molecular weight excluding hydrogens is 324 g/mol. The Morgan fingerprint density at radius 3 is 2.76 bits per heavy atom. The van der Waals surface area contributed by atoms with Crippen LogP contribution in [0.5, 0.6) is 5.75 Å². The van der Waals surface area contributed by atoms with Gasteiger partial charge < -0.3 is 20.3 Å². The molecule has 3 N–H and O–H groups in total. The van der Waals surface area contributed by atoms with E-state index in [4.69, 9.17) is 15.0 Å². The molecule has 0 saturated heterocycles. The minimum Gasteiger partial charge on any atom is -0.485 e. The highest BCUT2D eigenvalue weighted by molar-refractivity contribution is 5.95. The van der Waals surface area contributed by atoms with Crippen molar-refractivity contribution in [2.75, 3.05) is 0 Å². The van der Waals surface area contributed by atoms with Crippen LogP contribution in [0.25, 0.3) is 0 Å². The molecule has 1 saturated carbocycles. The molecular formula is C17H20N4O4. The Morgan fingerprint density at radius 1 is 1.24 bits per heavy atom. The Hall–Kier alpha value is -2.90. The zero-order valence-corrected chi connectivity index (χ0v) is 13.7. The summed E-state index contributed by atoms with van der Waals surface area (Å²) in [6.07, 6.45) is 5.39. The van der Waals surface area contributed by atoms with Crippen LogP contribution in [-0.4, -0.2) is 28.0 Å². The standard InChI is InChI=1S/C17H20N4O4/c18-15(22)12-8-4-5-9-13(12)24-10-14-20-17(25-21-14)16(23)19-11-6-2-1-3-7-11/h4-5,8-9,11H,1-3,6-7,10H2,(H2,18,22)(H,19,23). The summed E-state index contributed by atoms with van der Waals surface area (Å²) in [6, 6.07) is 6.76. The highest BCUT2D eigenvalue weighted by Crippen LogP contribution is 2.19. The van der Waals surface area contributed by atoms with Crippen LogP contribution in [0.15, 0.2) is 28.8 Å². The van der Waals surface area contributed by atoms with Gasteiger partial charge in [-0.15, -0.1) is 0 Å². The first kappa shape index (κ1) is 16.9. The number of nitrogens with zero attached hydrogens (tertiary/aromatic N) is 2. The number of primary amides is 1. The fourth-order valence-electron chi connectivity index (χ4n) is 2.84. The van der Waals surface area contributed by atoms with Gasteiger partial charge in [-0.3, -0.25) is 9.59 Å². The van der Waals surface area contributed by atoms with Crippen LogP contribution >= 0.6 is 0 Å². The van der Waals surface area contributed by atoms with Gasteiger partial charge in [-0.2, -0.15) is 4.98 Å². The largest absolute Gasteiger partial charge is 0.485 e. The number of ether oxygens (including phenoxy) is 1. The van der Waals surface area contributed by atoms with Gasteiger partial charge in [0.1, 0.15) is 5.75 Å². The van der Waals surface area contributed by atoms with Gasteiger partial charge in [0.15, 0.2) is 6.61 Å². The maximum Gasteiger partial charge on any atom is 0.316 e. The Kier molecular flexibility index (Phi) is 5.27. The smallest absolute Gasteiger partial charge is 0.316 e. The summed E-state index contributed by atoms with van der Waals surface area (Å²) >= 11 is 0. The maximum absolute atomic E-state index is 12.1. The van der Waals surface area contributed by atoms with Gasteiger partial charge in [-0.25, -0.2) is 0 Å². The van der Waals surface area contributed by atoms with E-state index in [0.717, 1.165) is 25.7 Å². The molecule has 0 unspecified atom stereocenters. The number of carbonyl (C=O) groups excluding carboxylic acids is 2. The number of para-hydroxylation sites is 1. The van der Waals surface area contributed by atoms with E-state index in [-0.39, 0.29) is 35.8 Å². The predicted molar refractivity (Wildman–Crippen MR) is 87.9 cm³/mol. The first-order valence-electron chi connectivity index (χ1n) is 8.28. The molecule has 1 aliphatic rings. The second-order valence-corrected chi connectivity index (χ2v) is 5.97. The molecule has 3 rings (SSSR count). The fraction of sp³-hybridized carbons (Fsp3) is 0.412. The fourth-order valence-corrected chi connectivity index (χ4v) is 2.84. The van der Waals surface area contributed by atoms with Crippen molar-refractivity contribution in [2.45, 2.75) is 44.8 Å². The van der Waals surface area contributed by atoms with Gasteiger partial charge in [-0.1, -0.05) is 36.6 Å². The van der Waals surface area contributed by atoms with E-state index in [9.17, 15) is 9.59 Å². The molecule has 8 nitrogen and oxygen atoms in total. The molecule has 2 amide bonds. The quantitative estimate of drug-likeness (QED) is 0.824. The number of nitrogens with one attached hydrogen (secondary N) is 1. The summed E-state index contributed by atoms with van der Waals surface area (Å²) in [4.78, 5) is 27.5. The summed E-state index contributed by atoms with van der Waals surface area (Å²) in [5.41, 5.74) is 5.56. The average molecular weight is 344 g/mol. The molecule has 1 aliphatic carbocycles. The molecule has 1 fully saturated rings. The number of hydrogen-bond donors (Lipinski definition) is 2. The number of carbonyl (C=O) groups is 2. The van der Waals surface area contributed by atoms with Crippen molar-refractivity contribution in [1.82, 2.24) is 15.5 Å². The monoisotopic (exact) mass is 344 g/mol. The zero-order valence-electron chi connectivity index (χ0n) is 13.7. The third-order valence-electron chi connectivity index (χ3n) is 4.11. The van der Waals surface area contributed by atoms with Crippen LogP contribution in [0.4, 0.5) is 0 Å². The Balaban J connectivity index is 1.58. The summed E-state index contributed by atoms with van der Waals surface area (Å²) in [5.74, 6) is -0.507. The SMILES string of the molecule is NC(=O)c1ccccc1OCc1noc(C(=O)NC2CCCCC2)n1. The highest BCUT2D eigenvalue weighted by atomic mass is 16.5. The molecule has 1 aromatic carbocycles. The summed E-state index contributed by atoms with van der Waals surface area (Å²) in [5, 5.41) is 6.64. The second kappa shape index (κ2) is 7.78. The lowest BCUT2D eigenvalue weighted by molar-refractivity contribution is 0.0882. The molecule has 0 spiro atoms. The first-order valence-corrected chi connectivity index (χ1v) is 8.28. The second-order valence-electron chi connectivity index (χ2n) is 5.97. The lowest BCUT2D eigenvalue weighted by Gasteiger charge is -2.21. The highest BCUT2D eigenvalue weighted by Gasteiger charge is 2.21. The number of amides is 2. The van der Waals surface area contributed by atoms with E-state index < -0.39 is 5.91 Å². The zero-order chi connectivity index (χ0) is 17.6. The van der Waals surface area contributed by atoms with Crippen molar-refractivity contribution in [3.63, 3.8) is 0 Å². The minimum absolute atomic E-state index is 0.0372. The van der Waals surface area contributed by atoms with E-state index in [0.29, 0.717) is 5.75 Å². The van der Waals surface area contributed by atoms with Gasteiger partial charge in [0.05, 0.1) is 5.56 Å². The third kappa shape index (κ3) is 4.34. The molecule has 8 heteroatoms. The lowest BCUT2D eigenvalue weighted by atomic mass is 9.95. The molecule has 25 heavy (non-hydrogen) atoms. The molecule has 1 heterocycles. The Bertz CT molecular complexity index is 753. The lowest BCUT2D eigenvalue weighted by Crippen LogP contribution is -2.36. The molecule has 2 aromatic rings. The summed E-state index contributed by atoms with van der Waals surface area (Å²) in [6.45, 7) is -0.0372. The van der Waals surface area contributed by atoms with E-state index in [1.54, 1.807) is 24.3 Å². The van der Waals surface area contributed by atoms with Crippen LogP contribution in [0.3, 0.4) is 0 Å². The molecule has 0 atom stereocenters. The first-order chi connectivity index (χ1) is 12.1. The Morgan fingerprint density at radius 2 is 2.00 bits per heavy atom. The molecule has 1 aromatic heterocycles. The Labute approximate surface area is 144 Å². The van der Waals surface area contributed by atoms with Crippen LogP contribution < -0.4 is 15.8 Å². The predicted octanol–water partition coefficient (Wildman–Crippen LogP) is 1.81. The average Bonchev–Trinajstić information content (AvgIpc) is 3.10. The summed E-state index contributed by atoms with van der Waals surface area (Å²) < 4.78 is 10.5. The van der Waals surface area contributed by atoms with E-state index in [2.05, 4.69) is 15.5 Å². The van der Waals surface area contributed by atoms with Crippen molar-refractivity contribution >= 4 is 11.8 Å². The van der Waals surface area contributed by atoms with Crippen molar-refractivity contribution in [3.05, 3.63) is 41.5 Å². The maximum atomic E-state index is 12.1. The number of benzene rings is 1. The molecule has 0 aliphatic heterocycles. The van der Waals surface area contributed by atoms with Gasteiger partial charge in [0.2, 0.25) is 5.82 Å². The van der Waals surface area contributed by atoms with Gasteiger partial charge >= 0.3 is 11.8 Å². The van der Waals surface area contributed by atoms with E-state index in [1.807, 2.05) is 0 Å². The van der Waals surface area contributed by atoms with Crippen LogP contribution in [0, 0.1) is 0 Å². The van der Waals surface area contributed by atoms with Crippen LogP contribution in [0.1, 0.15) is 59.0 Å². The number of nitrogens with two attached hydrogens (primary N) is 1. The van der Waals surface area contributed by atoms with Crippen molar-refractivity contribution < 1.29 is 18.8 Å². The number of rotatable bonds is 6. The van der Waals surface area contributed by atoms with Crippen LogP contribution in [-0.2, 0) is 6.61 Å². The minimum atomic E-state index is -0.587. The normalized spacial score (nSPS) is 14.9. The molecule has 0 radical (unpaired) electrons. The molecule has 0 bridgehead atoms. The van der Waals surface area contributed by atoms with Gasteiger partial charge in [0, 0.05) is 6.04 Å². The van der Waals surface area contributed by atoms with Crippen molar-refractivity contribution in [1.29, 1.82) is 0 Å². The van der Waals surface area contributed by atoms with E-state index >= 15 is 0 Å². The number of hydrogen-bond acceptors (Lipinski definition) is 6.